The van der Waals surface area contributed by atoms with Crippen LogP contribution in [0.15, 0.2) is 24.3 Å². The standard InChI is InChI=1S/C19H31N3O/c1-3-22(4-2)14-16-10-8-15(9-11-16)13-21-19(23)18-7-5-6-17(18)12-20/h8-11,17-18H,3-7,12-14,20H2,1-2H3,(H,21,23)/t17-,18-/m1/s1. The zero-order chi connectivity index (χ0) is 16.7. The monoisotopic (exact) mass is 317 g/mol. The van der Waals surface area contributed by atoms with Crippen molar-refractivity contribution in [1.82, 2.24) is 10.2 Å². The summed E-state index contributed by atoms with van der Waals surface area (Å²) in [5.74, 6) is 0.651. The molecule has 1 aliphatic rings. The van der Waals surface area contributed by atoms with Crippen LogP contribution in [0, 0.1) is 11.8 Å². The van der Waals surface area contributed by atoms with Gasteiger partial charge in [0.2, 0.25) is 5.91 Å². The summed E-state index contributed by atoms with van der Waals surface area (Å²) in [6.07, 6.45) is 3.20. The SMILES string of the molecule is CCN(CC)Cc1ccc(CNC(=O)[C@@H]2CCC[C@@H]2CN)cc1. The van der Waals surface area contributed by atoms with Crippen LogP contribution in [0.3, 0.4) is 0 Å². The highest BCUT2D eigenvalue weighted by atomic mass is 16.1. The molecule has 1 saturated carbocycles. The minimum atomic E-state index is 0.113. The van der Waals surface area contributed by atoms with Crippen LogP contribution in [0.2, 0.25) is 0 Å². The molecular weight excluding hydrogens is 286 g/mol. The Balaban J connectivity index is 1.83. The van der Waals surface area contributed by atoms with E-state index < -0.39 is 0 Å². The molecule has 1 aliphatic carbocycles. The fourth-order valence-corrected chi connectivity index (χ4v) is 3.45. The molecule has 0 spiro atoms. The lowest BCUT2D eigenvalue weighted by atomic mass is 9.95. The zero-order valence-electron chi connectivity index (χ0n) is 14.6. The smallest absolute Gasteiger partial charge is 0.223 e. The summed E-state index contributed by atoms with van der Waals surface area (Å²) in [6, 6.07) is 8.57. The highest BCUT2D eigenvalue weighted by molar-refractivity contribution is 5.79. The van der Waals surface area contributed by atoms with E-state index in [9.17, 15) is 4.79 Å². The van der Waals surface area contributed by atoms with Crippen molar-refractivity contribution in [3.63, 3.8) is 0 Å². The van der Waals surface area contributed by atoms with Crippen LogP contribution in [0.4, 0.5) is 0 Å². The molecule has 1 fully saturated rings. The number of amides is 1. The molecule has 1 aromatic rings. The quantitative estimate of drug-likeness (QED) is 0.774. The molecule has 1 aromatic carbocycles. The van der Waals surface area contributed by atoms with Gasteiger partial charge >= 0.3 is 0 Å². The van der Waals surface area contributed by atoms with Crippen LogP contribution in [0.1, 0.15) is 44.2 Å². The lowest BCUT2D eigenvalue weighted by molar-refractivity contribution is -0.126. The van der Waals surface area contributed by atoms with E-state index in [2.05, 4.69) is 48.3 Å². The summed E-state index contributed by atoms with van der Waals surface area (Å²) < 4.78 is 0. The van der Waals surface area contributed by atoms with Gasteiger partial charge in [-0.1, -0.05) is 44.5 Å². The third-order valence-electron chi connectivity index (χ3n) is 5.09. The minimum absolute atomic E-state index is 0.113. The van der Waals surface area contributed by atoms with Gasteiger partial charge < -0.3 is 11.1 Å². The molecule has 1 amide bonds. The Hall–Kier alpha value is -1.39. The zero-order valence-corrected chi connectivity index (χ0v) is 14.6. The lowest BCUT2D eigenvalue weighted by Crippen LogP contribution is -2.34. The summed E-state index contributed by atoms with van der Waals surface area (Å²) in [5, 5.41) is 3.08. The van der Waals surface area contributed by atoms with E-state index in [4.69, 9.17) is 5.73 Å². The van der Waals surface area contributed by atoms with Gasteiger partial charge in [0.25, 0.3) is 0 Å². The van der Waals surface area contributed by atoms with E-state index in [0.717, 1.165) is 44.5 Å². The maximum Gasteiger partial charge on any atom is 0.223 e. The first-order chi connectivity index (χ1) is 11.2. The molecule has 3 N–H and O–H groups in total. The van der Waals surface area contributed by atoms with Gasteiger partial charge in [-0.25, -0.2) is 0 Å². The number of nitrogens with two attached hydrogens (primary N) is 1. The fourth-order valence-electron chi connectivity index (χ4n) is 3.45. The van der Waals surface area contributed by atoms with Crippen molar-refractivity contribution in [3.05, 3.63) is 35.4 Å². The Bertz CT molecular complexity index is 482. The van der Waals surface area contributed by atoms with Crippen LogP contribution in [-0.2, 0) is 17.9 Å². The molecule has 2 rings (SSSR count). The van der Waals surface area contributed by atoms with Crippen LogP contribution < -0.4 is 11.1 Å². The van der Waals surface area contributed by atoms with Gasteiger partial charge in [0.05, 0.1) is 0 Å². The second kappa shape index (κ2) is 9.04. The molecule has 4 nitrogen and oxygen atoms in total. The number of hydrogen-bond acceptors (Lipinski definition) is 3. The number of nitrogens with zero attached hydrogens (tertiary/aromatic N) is 1. The number of rotatable bonds is 8. The molecule has 0 bridgehead atoms. The highest BCUT2D eigenvalue weighted by Crippen LogP contribution is 2.30. The number of benzene rings is 1. The Kier molecular flexibility index (Phi) is 7.06. The lowest BCUT2D eigenvalue weighted by Gasteiger charge is -2.19. The predicted octanol–water partition coefficient (Wildman–Crippen LogP) is 2.52. The van der Waals surface area contributed by atoms with Crippen LogP contribution in [0.5, 0.6) is 0 Å². The molecular formula is C19H31N3O. The van der Waals surface area contributed by atoms with Crippen molar-refractivity contribution in [2.75, 3.05) is 19.6 Å². The van der Waals surface area contributed by atoms with E-state index in [1.165, 1.54) is 5.56 Å². The van der Waals surface area contributed by atoms with Gasteiger partial charge in [-0.2, -0.15) is 0 Å². The van der Waals surface area contributed by atoms with Crippen molar-refractivity contribution < 1.29 is 4.79 Å². The number of nitrogens with one attached hydrogen (secondary N) is 1. The number of carbonyl (C=O) groups excluding carboxylic acids is 1. The van der Waals surface area contributed by atoms with Crippen molar-refractivity contribution >= 4 is 5.91 Å². The third kappa shape index (κ3) is 5.05. The normalized spacial score (nSPS) is 20.9. The van der Waals surface area contributed by atoms with E-state index >= 15 is 0 Å². The van der Waals surface area contributed by atoms with Gasteiger partial charge in [0.1, 0.15) is 0 Å². The first-order valence-electron chi connectivity index (χ1n) is 8.95. The van der Waals surface area contributed by atoms with Crippen molar-refractivity contribution in [3.8, 4) is 0 Å². The Morgan fingerprint density at radius 2 is 1.83 bits per heavy atom. The van der Waals surface area contributed by atoms with Crippen molar-refractivity contribution in [2.45, 2.75) is 46.2 Å². The molecule has 0 unspecified atom stereocenters. The maximum absolute atomic E-state index is 12.3. The average Bonchev–Trinajstić information content (AvgIpc) is 3.07. The molecule has 0 saturated heterocycles. The molecule has 0 aromatic heterocycles. The second-order valence-corrected chi connectivity index (χ2v) is 6.53. The molecule has 2 atom stereocenters. The first-order valence-corrected chi connectivity index (χ1v) is 8.95. The average molecular weight is 317 g/mol. The van der Waals surface area contributed by atoms with E-state index in [0.29, 0.717) is 19.0 Å². The van der Waals surface area contributed by atoms with Crippen molar-refractivity contribution in [2.24, 2.45) is 17.6 Å². The summed E-state index contributed by atoms with van der Waals surface area (Å²) in [6.45, 7) is 8.72. The number of carbonyl (C=O) groups is 1. The first kappa shape index (κ1) is 18.0. The Morgan fingerprint density at radius 3 is 2.43 bits per heavy atom. The molecule has 23 heavy (non-hydrogen) atoms. The largest absolute Gasteiger partial charge is 0.352 e. The summed E-state index contributed by atoms with van der Waals surface area (Å²) in [7, 11) is 0. The molecule has 4 heteroatoms. The summed E-state index contributed by atoms with van der Waals surface area (Å²) in [4.78, 5) is 14.7. The van der Waals surface area contributed by atoms with E-state index in [1.807, 2.05) is 0 Å². The second-order valence-electron chi connectivity index (χ2n) is 6.53. The predicted molar refractivity (Wildman–Crippen MR) is 94.8 cm³/mol. The van der Waals surface area contributed by atoms with Gasteiger partial charge in [-0.3, -0.25) is 9.69 Å². The molecule has 0 heterocycles. The van der Waals surface area contributed by atoms with Crippen LogP contribution >= 0.6 is 0 Å². The highest BCUT2D eigenvalue weighted by Gasteiger charge is 2.31. The summed E-state index contributed by atoms with van der Waals surface area (Å²) in [5.41, 5.74) is 8.24. The van der Waals surface area contributed by atoms with Gasteiger partial charge in [-0.05, 0) is 49.5 Å². The van der Waals surface area contributed by atoms with E-state index in [-0.39, 0.29) is 11.8 Å². The van der Waals surface area contributed by atoms with Crippen LogP contribution in [0.25, 0.3) is 0 Å². The number of hydrogen-bond donors (Lipinski definition) is 2. The van der Waals surface area contributed by atoms with Gasteiger partial charge in [0.15, 0.2) is 0 Å². The molecule has 0 aliphatic heterocycles. The molecule has 128 valence electrons. The topological polar surface area (TPSA) is 58.4 Å². The van der Waals surface area contributed by atoms with E-state index in [1.54, 1.807) is 0 Å². The fraction of sp³-hybridized carbons (Fsp3) is 0.632. The maximum atomic E-state index is 12.3. The molecule has 0 radical (unpaired) electrons. The Morgan fingerprint density at radius 1 is 1.17 bits per heavy atom. The van der Waals surface area contributed by atoms with Crippen molar-refractivity contribution in [1.29, 1.82) is 0 Å². The third-order valence-corrected chi connectivity index (χ3v) is 5.09. The van der Waals surface area contributed by atoms with Gasteiger partial charge in [-0.15, -0.1) is 0 Å². The summed E-state index contributed by atoms with van der Waals surface area (Å²) >= 11 is 0. The minimum Gasteiger partial charge on any atom is -0.352 e. The Labute approximate surface area is 140 Å². The van der Waals surface area contributed by atoms with Gasteiger partial charge in [0, 0.05) is 19.0 Å². The van der Waals surface area contributed by atoms with Crippen LogP contribution in [-0.4, -0.2) is 30.4 Å².